The maximum atomic E-state index is 11.4. The Hall–Kier alpha value is -0.180. The van der Waals surface area contributed by atoms with Gasteiger partial charge in [-0.05, 0) is 55.1 Å². The quantitative estimate of drug-likeness (QED) is 0.709. The fraction of sp³-hybridized carbons (Fsp3) is 0.933. The van der Waals surface area contributed by atoms with Gasteiger partial charge in [-0.2, -0.15) is 11.8 Å². The average molecular weight is 270 g/mol. The number of hydrogen-bond donors (Lipinski definition) is 0. The predicted octanol–water partition coefficient (Wildman–Crippen LogP) is 3.89. The van der Waals surface area contributed by atoms with Crippen molar-refractivity contribution >= 4 is 17.7 Å². The first-order valence-corrected chi connectivity index (χ1v) is 8.28. The predicted molar refractivity (Wildman–Crippen MR) is 76.7 cm³/mol. The number of carbonyl (C=O) groups is 1. The Kier molecular flexibility index (Phi) is 4.63. The number of esters is 1. The van der Waals surface area contributed by atoms with Crippen molar-refractivity contribution in [2.45, 2.75) is 57.6 Å². The van der Waals surface area contributed by atoms with Gasteiger partial charge in [0.2, 0.25) is 0 Å². The highest BCUT2D eigenvalue weighted by Gasteiger charge is 2.45. The monoisotopic (exact) mass is 270 g/mol. The van der Waals surface area contributed by atoms with E-state index in [4.69, 9.17) is 4.74 Å². The van der Waals surface area contributed by atoms with Gasteiger partial charge < -0.3 is 4.74 Å². The molecule has 0 N–H and O–H groups in total. The lowest BCUT2D eigenvalue weighted by molar-refractivity contribution is -0.141. The Morgan fingerprint density at radius 2 is 2.00 bits per heavy atom. The van der Waals surface area contributed by atoms with Crippen LogP contribution in [0.1, 0.15) is 52.4 Å². The minimum Gasteiger partial charge on any atom is -0.469 e. The number of hydrogen-bond acceptors (Lipinski definition) is 3. The van der Waals surface area contributed by atoms with Crippen LogP contribution in [-0.2, 0) is 9.53 Å². The van der Waals surface area contributed by atoms with E-state index in [1.54, 1.807) is 0 Å². The molecule has 0 heterocycles. The molecule has 0 bridgehead atoms. The fourth-order valence-electron chi connectivity index (χ4n) is 2.87. The summed E-state index contributed by atoms with van der Waals surface area (Å²) in [6.45, 7) is 4.77. The molecule has 0 aromatic carbocycles. The second kappa shape index (κ2) is 5.85. The lowest BCUT2D eigenvalue weighted by atomic mass is 9.81. The SMILES string of the molecule is COC(=O)CC1(CSC2CCC(C)C(C)C2)CC1. The topological polar surface area (TPSA) is 26.3 Å². The summed E-state index contributed by atoms with van der Waals surface area (Å²) in [4.78, 5) is 11.4. The molecule has 0 amide bonds. The summed E-state index contributed by atoms with van der Waals surface area (Å²) in [6.07, 6.45) is 7.17. The summed E-state index contributed by atoms with van der Waals surface area (Å²) in [7, 11) is 1.50. The number of ether oxygens (including phenoxy) is 1. The number of thioether (sulfide) groups is 1. The molecule has 0 aliphatic heterocycles. The minimum atomic E-state index is -0.0289. The van der Waals surface area contributed by atoms with E-state index in [0.29, 0.717) is 11.8 Å². The van der Waals surface area contributed by atoms with Gasteiger partial charge in [0.1, 0.15) is 0 Å². The lowest BCUT2D eigenvalue weighted by Gasteiger charge is -2.32. The van der Waals surface area contributed by atoms with Crippen molar-refractivity contribution < 1.29 is 9.53 Å². The number of rotatable bonds is 5. The van der Waals surface area contributed by atoms with Crippen molar-refractivity contribution in [2.75, 3.05) is 12.9 Å². The van der Waals surface area contributed by atoms with E-state index in [1.807, 2.05) is 0 Å². The molecule has 3 unspecified atom stereocenters. The lowest BCUT2D eigenvalue weighted by Crippen LogP contribution is -2.24. The zero-order valence-electron chi connectivity index (χ0n) is 11.9. The van der Waals surface area contributed by atoms with Crippen LogP contribution in [0.3, 0.4) is 0 Å². The summed E-state index contributed by atoms with van der Waals surface area (Å²) in [5.41, 5.74) is 0.296. The third-order valence-electron chi connectivity index (χ3n) is 4.88. The van der Waals surface area contributed by atoms with Crippen molar-refractivity contribution in [3.8, 4) is 0 Å². The highest BCUT2D eigenvalue weighted by atomic mass is 32.2. The summed E-state index contributed by atoms with van der Waals surface area (Å²) >= 11 is 2.12. The molecule has 18 heavy (non-hydrogen) atoms. The van der Waals surface area contributed by atoms with Crippen LogP contribution in [0, 0.1) is 17.3 Å². The molecule has 0 aromatic rings. The smallest absolute Gasteiger partial charge is 0.306 e. The third-order valence-corrected chi connectivity index (χ3v) is 6.56. The summed E-state index contributed by atoms with van der Waals surface area (Å²) in [6, 6.07) is 0. The molecule has 0 radical (unpaired) electrons. The molecule has 2 rings (SSSR count). The van der Waals surface area contributed by atoms with Crippen LogP contribution in [-0.4, -0.2) is 24.1 Å². The molecule has 2 fully saturated rings. The Morgan fingerprint density at radius 1 is 1.28 bits per heavy atom. The molecule has 3 heteroatoms. The second-order valence-corrected chi connectivity index (χ2v) is 7.74. The Bertz CT molecular complexity index is 299. The molecular weight excluding hydrogens is 244 g/mol. The van der Waals surface area contributed by atoms with Gasteiger partial charge in [-0.3, -0.25) is 4.79 Å². The van der Waals surface area contributed by atoms with Gasteiger partial charge in [0, 0.05) is 5.25 Å². The van der Waals surface area contributed by atoms with Gasteiger partial charge in [0.25, 0.3) is 0 Å². The zero-order chi connectivity index (χ0) is 13.2. The molecule has 2 aliphatic rings. The largest absolute Gasteiger partial charge is 0.469 e. The Labute approximate surface area is 115 Å². The van der Waals surface area contributed by atoms with Crippen LogP contribution in [0.4, 0.5) is 0 Å². The summed E-state index contributed by atoms with van der Waals surface area (Å²) in [5.74, 6) is 2.89. The molecule has 0 saturated heterocycles. The first-order chi connectivity index (χ1) is 8.54. The Balaban J connectivity index is 1.73. The van der Waals surface area contributed by atoms with Crippen molar-refractivity contribution in [3.05, 3.63) is 0 Å². The van der Waals surface area contributed by atoms with Crippen molar-refractivity contribution in [2.24, 2.45) is 17.3 Å². The van der Waals surface area contributed by atoms with Crippen LogP contribution >= 0.6 is 11.8 Å². The number of carbonyl (C=O) groups excluding carboxylic acids is 1. The fourth-order valence-corrected chi connectivity index (χ4v) is 4.59. The standard InChI is InChI=1S/C15H26O2S/c1-11-4-5-13(8-12(11)2)18-10-15(6-7-15)9-14(16)17-3/h11-13H,4-10H2,1-3H3. The van der Waals surface area contributed by atoms with Crippen LogP contribution in [0.25, 0.3) is 0 Å². The molecule has 2 saturated carbocycles. The van der Waals surface area contributed by atoms with Crippen molar-refractivity contribution in [3.63, 3.8) is 0 Å². The second-order valence-electron chi connectivity index (χ2n) is 6.45. The average Bonchev–Trinajstić information content (AvgIpc) is 3.11. The normalized spacial score (nSPS) is 34.1. The van der Waals surface area contributed by atoms with Crippen LogP contribution in [0.5, 0.6) is 0 Å². The summed E-state index contributed by atoms with van der Waals surface area (Å²) in [5, 5.41) is 0.825. The maximum Gasteiger partial charge on any atom is 0.306 e. The van der Waals surface area contributed by atoms with Crippen LogP contribution in [0.2, 0.25) is 0 Å². The van der Waals surface area contributed by atoms with Crippen molar-refractivity contribution in [1.82, 2.24) is 0 Å². The van der Waals surface area contributed by atoms with E-state index in [2.05, 4.69) is 25.6 Å². The van der Waals surface area contributed by atoms with E-state index >= 15 is 0 Å². The van der Waals surface area contributed by atoms with Crippen LogP contribution in [0.15, 0.2) is 0 Å². The molecule has 2 aliphatic carbocycles. The van der Waals surface area contributed by atoms with E-state index in [0.717, 1.165) is 22.8 Å². The highest BCUT2D eigenvalue weighted by molar-refractivity contribution is 7.99. The van der Waals surface area contributed by atoms with Crippen molar-refractivity contribution in [1.29, 1.82) is 0 Å². The summed E-state index contributed by atoms with van der Waals surface area (Å²) < 4.78 is 4.80. The molecule has 3 atom stereocenters. The van der Waals surface area contributed by atoms with E-state index < -0.39 is 0 Å². The zero-order valence-corrected chi connectivity index (χ0v) is 12.7. The molecule has 0 spiro atoms. The molecule has 0 aromatic heterocycles. The van der Waals surface area contributed by atoms with Gasteiger partial charge in [0.05, 0.1) is 13.5 Å². The van der Waals surface area contributed by atoms with Gasteiger partial charge in [-0.1, -0.05) is 13.8 Å². The highest BCUT2D eigenvalue weighted by Crippen LogP contribution is 2.52. The van der Waals surface area contributed by atoms with Gasteiger partial charge >= 0.3 is 5.97 Å². The first-order valence-electron chi connectivity index (χ1n) is 7.23. The van der Waals surface area contributed by atoms with E-state index in [9.17, 15) is 4.79 Å². The van der Waals surface area contributed by atoms with Gasteiger partial charge in [0.15, 0.2) is 0 Å². The first kappa shape index (κ1) is 14.2. The third kappa shape index (κ3) is 3.66. The van der Waals surface area contributed by atoms with Gasteiger partial charge in [-0.25, -0.2) is 0 Å². The van der Waals surface area contributed by atoms with Gasteiger partial charge in [-0.15, -0.1) is 0 Å². The number of methoxy groups -OCH3 is 1. The Morgan fingerprint density at radius 3 is 2.56 bits per heavy atom. The van der Waals surface area contributed by atoms with Crippen LogP contribution < -0.4 is 0 Å². The molecule has 2 nitrogen and oxygen atoms in total. The minimum absolute atomic E-state index is 0.0289. The molecule has 104 valence electrons. The molecular formula is C15H26O2S. The van der Waals surface area contributed by atoms with E-state index in [1.165, 1.54) is 39.2 Å². The van der Waals surface area contributed by atoms with E-state index in [-0.39, 0.29) is 5.97 Å². The maximum absolute atomic E-state index is 11.4.